The molecule has 0 fully saturated rings. The van der Waals surface area contributed by atoms with Crippen LogP contribution in [0.2, 0.25) is 0 Å². The minimum absolute atomic E-state index is 0.0832. The lowest BCUT2D eigenvalue weighted by molar-refractivity contribution is -0.120. The third-order valence-electron chi connectivity index (χ3n) is 3.63. The molecule has 2 aromatic carbocycles. The van der Waals surface area contributed by atoms with Gasteiger partial charge in [0.25, 0.3) is 10.2 Å². The molecule has 11 heteroatoms. The zero-order valence-corrected chi connectivity index (χ0v) is 17.3. The number of rotatable bonds is 9. The molecule has 29 heavy (non-hydrogen) atoms. The Balaban J connectivity index is 1.84. The summed E-state index contributed by atoms with van der Waals surface area (Å²) in [5.74, 6) is -0.540. The van der Waals surface area contributed by atoms with Crippen LogP contribution in [0.4, 0.5) is 5.69 Å². The van der Waals surface area contributed by atoms with Crippen molar-refractivity contribution < 1.29 is 21.6 Å². The first-order chi connectivity index (χ1) is 13.5. The summed E-state index contributed by atoms with van der Waals surface area (Å²) in [5, 5.41) is 8.45. The van der Waals surface area contributed by atoms with E-state index in [0.717, 1.165) is 16.5 Å². The van der Waals surface area contributed by atoms with Crippen LogP contribution in [-0.4, -0.2) is 29.3 Å². The van der Waals surface area contributed by atoms with Crippen molar-refractivity contribution in [2.45, 2.75) is 13.5 Å². The van der Waals surface area contributed by atoms with Gasteiger partial charge in [-0.25, -0.2) is 18.3 Å². The maximum Gasteiger partial charge on any atom is 0.296 e. The molecule has 0 spiro atoms. The van der Waals surface area contributed by atoms with E-state index in [9.17, 15) is 21.6 Å². The van der Waals surface area contributed by atoms with Gasteiger partial charge in [0, 0.05) is 12.0 Å². The van der Waals surface area contributed by atoms with Crippen molar-refractivity contribution in [3.05, 3.63) is 70.6 Å². The molecule has 0 heterocycles. The smallest absolute Gasteiger partial charge is 0.296 e. The van der Waals surface area contributed by atoms with E-state index >= 15 is 0 Å². The van der Waals surface area contributed by atoms with E-state index in [1.165, 1.54) is 18.2 Å². The van der Waals surface area contributed by atoms with Crippen LogP contribution in [0.25, 0.3) is 6.08 Å². The molecule has 1 amide bonds. The van der Waals surface area contributed by atoms with E-state index in [0.29, 0.717) is 5.56 Å². The van der Waals surface area contributed by atoms with Gasteiger partial charge in [0.15, 0.2) is 0 Å². The molecule has 0 unspecified atom stereocenters. The summed E-state index contributed by atoms with van der Waals surface area (Å²) in [6.45, 7) is 1.58. The van der Waals surface area contributed by atoms with E-state index in [1.807, 2.05) is 19.1 Å². The van der Waals surface area contributed by atoms with Crippen molar-refractivity contribution in [3.63, 3.8) is 0 Å². The number of aryl methyl sites for hydroxylation is 1. The Labute approximate surface area is 170 Å². The van der Waals surface area contributed by atoms with Crippen LogP contribution in [0, 0.1) is 6.92 Å². The van der Waals surface area contributed by atoms with E-state index in [-0.39, 0.29) is 12.2 Å². The molecule has 0 aliphatic carbocycles. The molecule has 5 N–H and O–H groups in total. The number of nitrogens with two attached hydrogens (primary N) is 1. The van der Waals surface area contributed by atoms with Crippen LogP contribution >= 0.6 is 0 Å². The molecular weight excluding hydrogens is 416 g/mol. The second-order valence-corrected chi connectivity index (χ2v) is 9.15. The highest BCUT2D eigenvalue weighted by atomic mass is 32.2. The largest absolute Gasteiger partial charge is 0.351 e. The first kappa shape index (κ1) is 22.6. The summed E-state index contributed by atoms with van der Waals surface area (Å²) < 4.78 is 50.3. The SMILES string of the molecule is Cc1ccc(/C=C/S(=O)(=O)NCC(=O)NCc2cccc(NS(N)(=O)=O)c2)cc1. The van der Waals surface area contributed by atoms with Crippen LogP contribution in [0.1, 0.15) is 16.7 Å². The average molecular weight is 439 g/mol. The Kier molecular flexibility index (Phi) is 7.51. The first-order valence-corrected chi connectivity index (χ1v) is 11.5. The van der Waals surface area contributed by atoms with Crippen LogP contribution in [0.15, 0.2) is 53.9 Å². The highest BCUT2D eigenvalue weighted by molar-refractivity contribution is 7.92. The molecule has 0 aliphatic rings. The zero-order valence-electron chi connectivity index (χ0n) is 15.6. The molecule has 0 atom stereocenters. The lowest BCUT2D eigenvalue weighted by Crippen LogP contribution is -2.35. The minimum Gasteiger partial charge on any atom is -0.351 e. The van der Waals surface area contributed by atoms with Crippen LogP contribution < -0.4 is 19.9 Å². The molecule has 0 aliphatic heterocycles. The molecule has 2 rings (SSSR count). The first-order valence-electron chi connectivity index (χ1n) is 8.43. The number of sulfonamides is 1. The lowest BCUT2D eigenvalue weighted by atomic mass is 10.2. The highest BCUT2D eigenvalue weighted by Gasteiger charge is 2.09. The number of nitrogens with one attached hydrogen (secondary N) is 3. The quantitative estimate of drug-likeness (QED) is 0.457. The number of amides is 1. The van der Waals surface area contributed by atoms with E-state index in [4.69, 9.17) is 5.14 Å². The second kappa shape index (κ2) is 9.65. The molecule has 0 saturated carbocycles. The van der Waals surface area contributed by atoms with Gasteiger partial charge in [-0.3, -0.25) is 9.52 Å². The number of anilines is 1. The summed E-state index contributed by atoms with van der Waals surface area (Å²) in [6.07, 6.45) is 1.43. The van der Waals surface area contributed by atoms with Crippen molar-refractivity contribution in [3.8, 4) is 0 Å². The van der Waals surface area contributed by atoms with Gasteiger partial charge < -0.3 is 5.32 Å². The van der Waals surface area contributed by atoms with Gasteiger partial charge in [0.05, 0.1) is 12.2 Å². The maximum absolute atomic E-state index is 12.0. The third kappa shape index (κ3) is 8.87. The second-order valence-electron chi connectivity index (χ2n) is 6.20. The molecule has 156 valence electrons. The Morgan fingerprint density at radius 2 is 1.76 bits per heavy atom. The predicted molar refractivity (Wildman–Crippen MR) is 112 cm³/mol. The van der Waals surface area contributed by atoms with Crippen molar-refractivity contribution in [2.24, 2.45) is 5.14 Å². The summed E-state index contributed by atoms with van der Waals surface area (Å²) in [5.41, 5.74) is 2.64. The fourth-order valence-electron chi connectivity index (χ4n) is 2.23. The Bertz CT molecular complexity index is 1100. The number of hydrogen-bond acceptors (Lipinski definition) is 5. The molecule has 0 aromatic heterocycles. The number of carbonyl (C=O) groups is 1. The van der Waals surface area contributed by atoms with Gasteiger partial charge in [-0.1, -0.05) is 42.0 Å². The van der Waals surface area contributed by atoms with Crippen molar-refractivity contribution in [2.75, 3.05) is 11.3 Å². The van der Waals surface area contributed by atoms with Gasteiger partial charge in [0.2, 0.25) is 15.9 Å². The Morgan fingerprint density at radius 1 is 1.07 bits per heavy atom. The standard InChI is InChI=1S/C18H22N4O5S2/c1-14-5-7-15(8-6-14)9-10-28(24,25)21-13-18(23)20-12-16-3-2-4-17(11-16)22-29(19,26)27/h2-11,21-22H,12-13H2,1H3,(H,20,23)(H2,19,26,27)/b10-9+. The van der Waals surface area contributed by atoms with Crippen molar-refractivity contribution in [1.29, 1.82) is 0 Å². The maximum atomic E-state index is 12.0. The van der Waals surface area contributed by atoms with Crippen LogP contribution in [0.3, 0.4) is 0 Å². The number of benzene rings is 2. The molecule has 0 bridgehead atoms. The molecule has 0 saturated heterocycles. The zero-order chi connectivity index (χ0) is 21.5. The summed E-state index contributed by atoms with van der Waals surface area (Å²) in [4.78, 5) is 11.9. The highest BCUT2D eigenvalue weighted by Crippen LogP contribution is 2.11. The summed E-state index contributed by atoms with van der Waals surface area (Å²) in [7, 11) is -7.68. The van der Waals surface area contributed by atoms with Crippen molar-refractivity contribution >= 4 is 37.9 Å². The number of hydrogen-bond donors (Lipinski definition) is 4. The van der Waals surface area contributed by atoms with Gasteiger partial charge in [0.1, 0.15) is 0 Å². The van der Waals surface area contributed by atoms with E-state index in [2.05, 4.69) is 14.8 Å². The topological polar surface area (TPSA) is 147 Å². The normalized spacial score (nSPS) is 12.1. The fourth-order valence-corrected chi connectivity index (χ4v) is 3.45. The Hall–Kier alpha value is -2.73. The van der Waals surface area contributed by atoms with Gasteiger partial charge in [-0.05, 0) is 36.3 Å². The number of carbonyl (C=O) groups excluding carboxylic acids is 1. The van der Waals surface area contributed by atoms with E-state index in [1.54, 1.807) is 24.3 Å². The molecule has 2 aromatic rings. The van der Waals surface area contributed by atoms with Crippen LogP contribution in [-0.2, 0) is 31.6 Å². The van der Waals surface area contributed by atoms with E-state index < -0.39 is 32.7 Å². The van der Waals surface area contributed by atoms with Gasteiger partial charge in [-0.15, -0.1) is 0 Å². The predicted octanol–water partition coefficient (Wildman–Crippen LogP) is 0.817. The monoisotopic (exact) mass is 438 g/mol. The van der Waals surface area contributed by atoms with Crippen molar-refractivity contribution in [1.82, 2.24) is 10.0 Å². The molecular formula is C18H22N4O5S2. The summed E-state index contributed by atoms with van der Waals surface area (Å²) >= 11 is 0. The average Bonchev–Trinajstić information content (AvgIpc) is 2.63. The van der Waals surface area contributed by atoms with Gasteiger partial charge >= 0.3 is 0 Å². The lowest BCUT2D eigenvalue weighted by Gasteiger charge is -2.08. The molecule has 9 nitrogen and oxygen atoms in total. The Morgan fingerprint density at radius 3 is 2.41 bits per heavy atom. The molecule has 0 radical (unpaired) electrons. The summed E-state index contributed by atoms with van der Waals surface area (Å²) in [6, 6.07) is 13.6. The minimum atomic E-state index is -3.90. The third-order valence-corrected chi connectivity index (χ3v) is 5.19. The fraction of sp³-hybridized carbons (Fsp3) is 0.167. The van der Waals surface area contributed by atoms with Gasteiger partial charge in [-0.2, -0.15) is 8.42 Å². The van der Waals surface area contributed by atoms with Crippen LogP contribution in [0.5, 0.6) is 0 Å².